The zero-order valence-corrected chi connectivity index (χ0v) is 21.3. The van der Waals surface area contributed by atoms with Gasteiger partial charge in [0.05, 0.1) is 0 Å². The Balaban J connectivity index is 1.35. The third kappa shape index (κ3) is 8.04. The maximum Gasteiger partial charge on any atom is 0.0431 e. The van der Waals surface area contributed by atoms with Crippen LogP contribution in [0.5, 0.6) is 0 Å². The molecule has 0 saturated heterocycles. The van der Waals surface area contributed by atoms with E-state index in [1.807, 2.05) is 0 Å². The highest BCUT2D eigenvalue weighted by Gasteiger charge is 2.37. The molecule has 0 radical (unpaired) electrons. The van der Waals surface area contributed by atoms with Crippen LogP contribution in [-0.4, -0.2) is 11.7 Å². The first kappa shape index (κ1) is 25.6. The SMILES string of the molecule is CCCCCC1CCC(C2CCC(C3CCC(CCCCCO)CC3CC)CC2)CC1. The topological polar surface area (TPSA) is 20.2 Å². The summed E-state index contributed by atoms with van der Waals surface area (Å²) in [6.45, 7) is 5.19. The number of hydrogen-bond donors (Lipinski definition) is 1. The van der Waals surface area contributed by atoms with E-state index in [4.69, 9.17) is 5.11 Å². The summed E-state index contributed by atoms with van der Waals surface area (Å²) in [6.07, 6.45) is 29.3. The Labute approximate surface area is 195 Å². The lowest BCUT2D eigenvalue weighted by Gasteiger charge is -2.44. The van der Waals surface area contributed by atoms with Crippen LogP contribution in [-0.2, 0) is 0 Å². The molecule has 1 nitrogen and oxygen atoms in total. The fraction of sp³-hybridized carbons (Fsp3) is 1.00. The molecule has 3 aliphatic rings. The lowest BCUT2D eigenvalue weighted by molar-refractivity contribution is 0.0641. The van der Waals surface area contributed by atoms with Gasteiger partial charge in [0, 0.05) is 6.61 Å². The first-order valence-corrected chi connectivity index (χ1v) is 14.9. The second-order valence-electron chi connectivity index (χ2n) is 12.0. The first-order chi connectivity index (χ1) is 15.2. The summed E-state index contributed by atoms with van der Waals surface area (Å²) >= 11 is 0. The molecule has 1 N–H and O–H groups in total. The molecule has 0 aliphatic heterocycles. The van der Waals surface area contributed by atoms with E-state index in [2.05, 4.69) is 13.8 Å². The standard InChI is InChI=1S/C30H56O/c1-3-5-7-10-24-12-15-27(16-13-24)28-17-19-29(20-18-28)30-21-14-25(23-26(30)4-2)11-8-6-9-22-31/h24-31H,3-23H2,1-2H3. The number of rotatable bonds is 12. The highest BCUT2D eigenvalue weighted by molar-refractivity contribution is 4.88. The number of aliphatic hydroxyl groups excluding tert-OH is 1. The zero-order valence-electron chi connectivity index (χ0n) is 21.3. The van der Waals surface area contributed by atoms with E-state index in [0.717, 1.165) is 47.8 Å². The molecule has 3 rings (SSSR count). The molecule has 31 heavy (non-hydrogen) atoms. The van der Waals surface area contributed by atoms with Gasteiger partial charge in [0.2, 0.25) is 0 Å². The molecular formula is C30H56O. The maximum atomic E-state index is 9.02. The predicted molar refractivity (Wildman–Crippen MR) is 135 cm³/mol. The predicted octanol–water partition coefficient (Wildman–Crippen LogP) is 9.17. The van der Waals surface area contributed by atoms with Crippen LogP contribution in [0.3, 0.4) is 0 Å². The van der Waals surface area contributed by atoms with Crippen LogP contribution < -0.4 is 0 Å². The second-order valence-corrected chi connectivity index (χ2v) is 12.0. The lowest BCUT2D eigenvalue weighted by Crippen LogP contribution is -2.34. The number of unbranched alkanes of at least 4 members (excludes halogenated alkanes) is 4. The third-order valence-corrected chi connectivity index (χ3v) is 10.1. The van der Waals surface area contributed by atoms with Gasteiger partial charge in [-0.2, -0.15) is 0 Å². The molecule has 182 valence electrons. The van der Waals surface area contributed by atoms with Crippen LogP contribution in [0, 0.1) is 41.4 Å². The van der Waals surface area contributed by atoms with Gasteiger partial charge < -0.3 is 5.11 Å². The van der Waals surface area contributed by atoms with Crippen molar-refractivity contribution in [3.63, 3.8) is 0 Å². The summed E-state index contributed by atoms with van der Waals surface area (Å²) in [5.74, 6) is 7.34. The van der Waals surface area contributed by atoms with Gasteiger partial charge in [-0.1, -0.05) is 84.5 Å². The van der Waals surface area contributed by atoms with Gasteiger partial charge >= 0.3 is 0 Å². The summed E-state index contributed by atoms with van der Waals surface area (Å²) in [4.78, 5) is 0. The van der Waals surface area contributed by atoms with Crippen LogP contribution in [0.1, 0.15) is 142 Å². The first-order valence-electron chi connectivity index (χ1n) is 14.9. The maximum absolute atomic E-state index is 9.02. The van der Waals surface area contributed by atoms with E-state index >= 15 is 0 Å². The zero-order chi connectivity index (χ0) is 21.9. The molecule has 0 aromatic rings. The largest absolute Gasteiger partial charge is 0.396 e. The van der Waals surface area contributed by atoms with Gasteiger partial charge in [-0.3, -0.25) is 0 Å². The Morgan fingerprint density at radius 1 is 0.581 bits per heavy atom. The molecule has 3 aliphatic carbocycles. The fourth-order valence-electron chi connectivity index (χ4n) is 8.13. The van der Waals surface area contributed by atoms with Gasteiger partial charge in [-0.25, -0.2) is 0 Å². The fourth-order valence-corrected chi connectivity index (χ4v) is 8.13. The average Bonchev–Trinajstić information content (AvgIpc) is 2.82. The smallest absolute Gasteiger partial charge is 0.0431 e. The summed E-state index contributed by atoms with van der Waals surface area (Å²) in [5, 5.41) is 9.02. The van der Waals surface area contributed by atoms with Crippen LogP contribution in [0.2, 0.25) is 0 Å². The quantitative estimate of drug-likeness (QED) is 0.305. The molecule has 0 heterocycles. The Hall–Kier alpha value is -0.0400. The Morgan fingerprint density at radius 3 is 1.81 bits per heavy atom. The highest BCUT2D eigenvalue weighted by atomic mass is 16.2. The minimum Gasteiger partial charge on any atom is -0.396 e. The lowest BCUT2D eigenvalue weighted by atomic mass is 9.61. The minimum atomic E-state index is 0.382. The molecule has 0 aromatic carbocycles. The summed E-state index contributed by atoms with van der Waals surface area (Å²) in [6, 6.07) is 0. The van der Waals surface area contributed by atoms with Crippen molar-refractivity contribution < 1.29 is 5.11 Å². The molecule has 0 spiro atoms. The summed E-state index contributed by atoms with van der Waals surface area (Å²) in [7, 11) is 0. The van der Waals surface area contributed by atoms with Crippen molar-refractivity contribution in [3.05, 3.63) is 0 Å². The molecule has 1 heteroatoms. The minimum absolute atomic E-state index is 0.382. The van der Waals surface area contributed by atoms with E-state index < -0.39 is 0 Å². The van der Waals surface area contributed by atoms with Crippen LogP contribution in [0.4, 0.5) is 0 Å². The number of hydrogen-bond acceptors (Lipinski definition) is 1. The molecule has 3 atom stereocenters. The summed E-state index contributed by atoms with van der Waals surface area (Å²) < 4.78 is 0. The Morgan fingerprint density at radius 2 is 1.16 bits per heavy atom. The second kappa shape index (κ2) is 14.3. The van der Waals surface area contributed by atoms with E-state index in [9.17, 15) is 0 Å². The Bertz CT molecular complexity index is 443. The Kier molecular flexibility index (Phi) is 11.8. The van der Waals surface area contributed by atoms with Gasteiger partial charge in [0.25, 0.3) is 0 Å². The van der Waals surface area contributed by atoms with Gasteiger partial charge in [0.15, 0.2) is 0 Å². The highest BCUT2D eigenvalue weighted by Crippen LogP contribution is 2.49. The van der Waals surface area contributed by atoms with Gasteiger partial charge in [-0.15, -0.1) is 0 Å². The van der Waals surface area contributed by atoms with Gasteiger partial charge in [0.1, 0.15) is 0 Å². The molecule has 0 aromatic heterocycles. The third-order valence-electron chi connectivity index (χ3n) is 10.1. The van der Waals surface area contributed by atoms with Crippen LogP contribution in [0.25, 0.3) is 0 Å². The molecule has 3 fully saturated rings. The molecule has 0 bridgehead atoms. The monoisotopic (exact) mass is 432 g/mol. The normalized spacial score (nSPS) is 37.1. The van der Waals surface area contributed by atoms with Crippen molar-refractivity contribution in [3.8, 4) is 0 Å². The van der Waals surface area contributed by atoms with E-state index in [1.165, 1.54) is 70.6 Å². The average molecular weight is 433 g/mol. The van der Waals surface area contributed by atoms with E-state index in [1.54, 1.807) is 51.4 Å². The van der Waals surface area contributed by atoms with Crippen LogP contribution in [0.15, 0.2) is 0 Å². The van der Waals surface area contributed by atoms with Gasteiger partial charge in [-0.05, 0) is 99.2 Å². The molecular weight excluding hydrogens is 376 g/mol. The van der Waals surface area contributed by atoms with Crippen molar-refractivity contribution in [2.75, 3.05) is 6.61 Å². The molecule has 3 unspecified atom stereocenters. The van der Waals surface area contributed by atoms with Crippen molar-refractivity contribution in [1.82, 2.24) is 0 Å². The molecule has 0 amide bonds. The van der Waals surface area contributed by atoms with Crippen molar-refractivity contribution in [1.29, 1.82) is 0 Å². The van der Waals surface area contributed by atoms with Crippen molar-refractivity contribution >= 4 is 0 Å². The van der Waals surface area contributed by atoms with Crippen LogP contribution >= 0.6 is 0 Å². The number of aliphatic hydroxyl groups is 1. The van der Waals surface area contributed by atoms with Crippen molar-refractivity contribution in [2.45, 2.75) is 142 Å². The van der Waals surface area contributed by atoms with E-state index in [-0.39, 0.29) is 0 Å². The van der Waals surface area contributed by atoms with Crippen molar-refractivity contribution in [2.24, 2.45) is 41.4 Å². The molecule has 3 saturated carbocycles. The summed E-state index contributed by atoms with van der Waals surface area (Å²) in [5.41, 5.74) is 0. The van der Waals surface area contributed by atoms with E-state index in [0.29, 0.717) is 6.61 Å².